The van der Waals surface area contributed by atoms with Gasteiger partial charge < -0.3 is 60.6 Å². The third-order valence-electron chi connectivity index (χ3n) is 18.2. The van der Waals surface area contributed by atoms with Gasteiger partial charge in [-0.3, -0.25) is 45.9 Å². The maximum atomic E-state index is 12.9. The number of nitrogens with zero attached hydrogens (tertiary/aromatic N) is 9. The number of aliphatic carboxylic acids is 1. The average molecular weight is 2270 g/mol. The number of ketones is 1. The number of nitrogen functional groups attached to an aromatic ring is 1. The third kappa shape index (κ3) is 47.2. The number of halogens is 2. The predicted molar refractivity (Wildman–Crippen MR) is 563 cm³/mol. The van der Waals surface area contributed by atoms with Gasteiger partial charge in [-0.1, -0.05) is 40.0 Å². The Bertz CT molecular complexity index is 6850. The van der Waals surface area contributed by atoms with Crippen molar-refractivity contribution in [1.82, 2.24) is 19.9 Å². The number of benzene rings is 6. The van der Waals surface area contributed by atoms with Crippen LogP contribution >= 0.6 is 68.1 Å². The van der Waals surface area contributed by atoms with Crippen molar-refractivity contribution >= 4 is 264 Å². The fraction of sp³-hybridized carbons (Fsp3) is 0.400. The zero-order chi connectivity index (χ0) is 107. The van der Waals surface area contributed by atoms with Gasteiger partial charge in [-0.2, -0.15) is 0 Å². The molecule has 13 rings (SSSR count). The normalized spacial score (nSPS) is 13.3. The van der Waals surface area contributed by atoms with Crippen LogP contribution < -0.4 is 62.1 Å². The summed E-state index contributed by atoms with van der Waals surface area (Å²) in [5.41, 5.74) is 17.3. The van der Waals surface area contributed by atoms with Gasteiger partial charge in [0.15, 0.2) is 5.78 Å². The van der Waals surface area contributed by atoms with Gasteiger partial charge in [0.2, 0.25) is 78.8 Å². The van der Waals surface area contributed by atoms with Crippen LogP contribution in [0.2, 0.25) is 0 Å². The van der Waals surface area contributed by atoms with Gasteiger partial charge in [0.1, 0.15) is 12.0 Å². The Morgan fingerprint density at radius 2 is 0.951 bits per heavy atom. The Morgan fingerprint density at radius 3 is 1.37 bits per heavy atom. The van der Waals surface area contributed by atoms with Crippen LogP contribution in [0.4, 0.5) is 56.0 Å². The Labute approximate surface area is 873 Å². The zero-order valence-corrected chi connectivity index (χ0v) is 92.8. The maximum Gasteiger partial charge on any atom is 1.00 e. The number of esters is 3. The summed E-state index contributed by atoms with van der Waals surface area (Å²) in [6.07, 6.45) is 7.05. The summed E-state index contributed by atoms with van der Waals surface area (Å²) in [6, 6.07) is 29.6. The number of hydrogen-bond acceptors (Lipinski definition) is 40. The van der Waals surface area contributed by atoms with Crippen molar-refractivity contribution in [1.29, 1.82) is 0 Å². The van der Waals surface area contributed by atoms with Crippen LogP contribution in [0.25, 0.3) is 30.6 Å². The van der Waals surface area contributed by atoms with E-state index in [0.29, 0.717) is 17.1 Å². The number of rotatable bonds is 22. The summed E-state index contributed by atoms with van der Waals surface area (Å²) in [5, 5.41) is 25.0. The molecular formula is C85H120Cl2LiN13O30S12. The van der Waals surface area contributed by atoms with Crippen molar-refractivity contribution in [2.24, 2.45) is 0 Å². The first kappa shape index (κ1) is 133. The second kappa shape index (κ2) is 60.5. The number of aliphatic hydroxyl groups excluding tert-OH is 1. The molecule has 0 spiro atoms. The number of hydrogen-bond donors (Lipinski definition) is 6. The number of nitrogens with two attached hydrogens (primary N) is 1. The summed E-state index contributed by atoms with van der Waals surface area (Å²) in [4.78, 5) is 83.4. The number of Topliss-reactive ketones (excluding diaryl/α,β-unsaturated/α-hetero) is 1. The molecule has 58 heteroatoms. The van der Waals surface area contributed by atoms with E-state index in [4.69, 9.17) is 37.0 Å². The van der Waals surface area contributed by atoms with E-state index < -0.39 is 121 Å². The minimum Gasteiger partial charge on any atom is -0.870 e. The van der Waals surface area contributed by atoms with Gasteiger partial charge in [-0.15, -0.1) is 45.6 Å². The first-order valence-corrected chi connectivity index (χ1v) is 59.9. The molecule has 7 heterocycles. The molecule has 0 atom stereocenters. The number of methoxy groups -OCH3 is 3. The third-order valence-corrected chi connectivity index (χ3v) is 30.4. The molecule has 0 bridgehead atoms. The summed E-state index contributed by atoms with van der Waals surface area (Å²) < 4.78 is 217. The minimum absolute atomic E-state index is 0. The molecule has 0 saturated carbocycles. The molecule has 0 aliphatic carbocycles. The van der Waals surface area contributed by atoms with Crippen LogP contribution in [0.3, 0.4) is 0 Å². The van der Waals surface area contributed by atoms with Crippen molar-refractivity contribution in [3.8, 4) is 0 Å². The first-order chi connectivity index (χ1) is 64.8. The van der Waals surface area contributed by atoms with E-state index >= 15 is 0 Å². The summed E-state index contributed by atoms with van der Waals surface area (Å²) in [5.74, 6) is -3.21. The minimum atomic E-state index is -4.10. The van der Waals surface area contributed by atoms with Crippen LogP contribution in [-0.2, 0) is 126 Å². The number of alkyl halides is 1. The number of carbonyl (C=O) groups excluding carboxylic acids is 5. The monoisotopic (exact) mass is 2260 g/mol. The van der Waals surface area contributed by atoms with E-state index in [0.717, 1.165) is 142 Å². The number of anilines is 9. The number of amides is 1. The molecule has 792 valence electrons. The molecule has 1 saturated heterocycles. The van der Waals surface area contributed by atoms with Crippen LogP contribution in [-0.4, -0.2) is 277 Å². The number of thiazole rings is 3. The number of carbonyl (C=O) groups is 6. The van der Waals surface area contributed by atoms with Crippen molar-refractivity contribution in [2.45, 2.75) is 108 Å². The van der Waals surface area contributed by atoms with E-state index in [2.05, 4.69) is 80.9 Å². The molecule has 1 amide bonds. The summed E-state index contributed by atoms with van der Waals surface area (Å²) in [6.45, 7) is 17.0. The summed E-state index contributed by atoms with van der Waals surface area (Å²) >= 11 is 11.1. The second-order valence-electron chi connectivity index (χ2n) is 30.2. The number of ether oxygens (including phenoxy) is 5. The van der Waals surface area contributed by atoms with Gasteiger partial charge in [0.05, 0.1) is 203 Å². The molecule has 6 aromatic carbocycles. The Hall–Kier alpha value is -9.60. The van der Waals surface area contributed by atoms with E-state index in [1.165, 1.54) is 155 Å². The fourth-order valence-corrected chi connectivity index (χ4v) is 19.4. The van der Waals surface area contributed by atoms with Crippen LogP contribution in [0.1, 0.15) is 87.5 Å². The standard InChI is InChI=1S/C18H24N2O8S2.C13H16N2O4S2.C12H14N2O6S2.C9H10N2O2S2.C8H8N2O2S2.C7H6N2S.C6H15N.C5H7ClO3.C4H8O.CH3ClO2S.CH4O.CH4.Li.H2O/c1-18(2,3)28-17(22)20-13(10-16(21)27-5)11-30(25,26)15-9-12(7-8-14(15)20)19(4)29(6,23)24;1-15(21(3,17)18)10-4-5-11-12(7-10)20-8-9(14-11)6-13(16)19-2;1-14(21(2,17)18)9-3-4-10-11(6-9)22(19,20)7-8(13-10)5-12(15)16;1-11(15(2,12)13)7-3-4-8-9(5-7)14-6-10-8;1-14(11,12)10-6-2-3-7-8(4-6)13-5-9-7;8-5-1-2-6-7(3-5)10-4-9-6;1-4-7(5-2)6-3;1-9-5(8)2-4(7)3-6;1-2-4-5-3-1;1-5(2,3)4;1-2;;;/h7-9,11H,10H2,1-6H3;4-5,7-8,14H,6H2,1-3H3;3-4,6-7,13H,5H2,1-2H3,(H,15,16);3-6H,1-2H3;2-5,10H,1H3;1-4H,8H2;4-6H2,1-3H3;2-3H2,1H3;1-4H2;1H3;2H,1H3;1H4;;1H2/q;;;;;;;;;;;;+1;/p-1. The van der Waals surface area contributed by atoms with Crippen molar-refractivity contribution < 1.29 is 154 Å². The number of carboxylic acids is 1. The van der Waals surface area contributed by atoms with Gasteiger partial charge in [-0.05, 0) is 168 Å². The van der Waals surface area contributed by atoms with Crippen LogP contribution in [0, 0.1) is 0 Å². The van der Waals surface area contributed by atoms with Gasteiger partial charge in [0.25, 0.3) is 0 Å². The van der Waals surface area contributed by atoms with E-state index in [9.17, 15) is 96.1 Å². The number of aliphatic hydroxyl groups is 1. The molecule has 4 aliphatic heterocycles. The Morgan fingerprint density at radius 1 is 0.552 bits per heavy atom. The second-order valence-corrected chi connectivity index (χ2v) is 50.4. The van der Waals surface area contributed by atoms with Crippen LogP contribution in [0.5, 0.6) is 0 Å². The number of thioether (sulfide) groups is 1. The number of fused-ring (bicyclic) bond motifs is 6. The van der Waals surface area contributed by atoms with E-state index in [1.807, 2.05) is 41.3 Å². The molecule has 0 radical (unpaired) electrons. The largest absolute Gasteiger partial charge is 1.00 e. The SMILES string of the molecule is C.C1CCOC1.CCN(CC)CC.CN(c1ccc2c(c1)S(=O)(=O)C=C(CC(=O)O)N2)S(C)(=O)=O.CN(c1ccc2ncsc2c1)S(C)(=O)=O.CO.COC(=O)CC(=O)CCl.COC(=O)CC1=CS(=O)(=O)c2cc(N(C)S(C)(=O)=O)ccc2N1C(=O)OC(C)(C)C.COC(=O)CC1=CSc2cc(N(C)S(C)(=O)=O)ccc2N1.CS(=O)(=O)Cl.CS(=O)(=O)Nc1ccc2ncsc2c1.Nc1ccc2ncsc2c1.[Li+].[OH-]. The molecular weight excluding hydrogens is 2150 g/mol. The zero-order valence-electron chi connectivity index (χ0n) is 81.5. The van der Waals surface area contributed by atoms with E-state index in [-0.39, 0.29) is 106 Å². The number of aromatic nitrogens is 3. The van der Waals surface area contributed by atoms with Crippen molar-refractivity contribution in [3.05, 3.63) is 159 Å². The van der Waals surface area contributed by atoms with Gasteiger partial charge in [0, 0.05) is 81.2 Å². The summed E-state index contributed by atoms with van der Waals surface area (Å²) in [7, 11) is -13.1. The molecule has 1 fully saturated rings. The van der Waals surface area contributed by atoms with Crippen molar-refractivity contribution in [2.75, 3.05) is 176 Å². The van der Waals surface area contributed by atoms with Crippen molar-refractivity contribution in [3.63, 3.8) is 0 Å². The smallest absolute Gasteiger partial charge is 0.870 e. The first-order valence-electron chi connectivity index (χ1n) is 40.7. The van der Waals surface area contributed by atoms with Gasteiger partial charge in [-0.25, -0.2) is 92.0 Å². The average Bonchev–Trinajstić information content (AvgIpc) is 1.46. The maximum absolute atomic E-state index is 12.9. The topological polar surface area (TPSA) is 612 Å². The number of sulfone groups is 2. The molecule has 8 N–H and O–H groups in total. The predicted octanol–water partition coefficient (Wildman–Crippen LogP) is 9.62. The molecule has 0 unspecified atom stereocenters. The Balaban J connectivity index is 0.00000163. The number of sulfonamides is 5. The van der Waals surface area contributed by atoms with Crippen LogP contribution in [0.15, 0.2) is 174 Å². The molecule has 9 aromatic rings. The quantitative estimate of drug-likeness (QED) is 0.00699. The van der Waals surface area contributed by atoms with E-state index in [1.54, 1.807) is 85.6 Å². The number of nitrogens with one attached hydrogen (secondary N) is 3. The molecule has 3 aromatic heterocycles. The Kier molecular flexibility index (Phi) is 56.4. The molecule has 43 nitrogen and oxygen atoms in total. The fourth-order valence-electron chi connectivity index (χ4n) is 11.0. The van der Waals surface area contributed by atoms with Gasteiger partial charge >= 0.3 is 48.8 Å². The molecule has 4 aliphatic rings. The molecule has 143 heavy (non-hydrogen) atoms. The number of carboxylic acid groups (broad SMARTS) is 1.